The minimum atomic E-state index is -1.25. The fourth-order valence-corrected chi connectivity index (χ4v) is 1.32. The summed E-state index contributed by atoms with van der Waals surface area (Å²) in [7, 11) is 0. The molecule has 0 amide bonds. The quantitative estimate of drug-likeness (QED) is 0.668. The Morgan fingerprint density at radius 3 is 2.17 bits per heavy atom. The summed E-state index contributed by atoms with van der Waals surface area (Å²) in [4.78, 5) is 0. The zero-order valence-corrected chi connectivity index (χ0v) is 7.14. The van der Waals surface area contributed by atoms with Crippen LogP contribution < -0.4 is 0 Å². The van der Waals surface area contributed by atoms with E-state index in [-0.39, 0.29) is 5.92 Å². The van der Waals surface area contributed by atoms with E-state index in [1.807, 2.05) is 37.3 Å². The van der Waals surface area contributed by atoms with E-state index in [0.717, 1.165) is 12.0 Å². The minimum Gasteiger partial charge on any atom is -0.368 e. The molecule has 12 heavy (non-hydrogen) atoms. The van der Waals surface area contributed by atoms with Gasteiger partial charge in [0, 0.05) is 5.92 Å². The van der Waals surface area contributed by atoms with Crippen LogP contribution in [0.5, 0.6) is 0 Å². The van der Waals surface area contributed by atoms with Gasteiger partial charge in [0.1, 0.15) is 0 Å². The van der Waals surface area contributed by atoms with E-state index in [2.05, 4.69) is 0 Å². The van der Waals surface area contributed by atoms with Crippen LogP contribution in [0, 0.1) is 0 Å². The molecule has 1 unspecified atom stereocenters. The van der Waals surface area contributed by atoms with Gasteiger partial charge in [-0.25, -0.2) is 0 Å². The Kier molecular flexibility index (Phi) is 3.26. The third-order valence-corrected chi connectivity index (χ3v) is 2.03. The van der Waals surface area contributed by atoms with Crippen LogP contribution in [0.2, 0.25) is 0 Å². The van der Waals surface area contributed by atoms with Crippen LogP contribution in [0.3, 0.4) is 0 Å². The van der Waals surface area contributed by atoms with Gasteiger partial charge in [0.05, 0.1) is 0 Å². The molecule has 0 aliphatic carbocycles. The van der Waals surface area contributed by atoms with Crippen molar-refractivity contribution in [3.63, 3.8) is 0 Å². The Morgan fingerprint density at radius 2 is 1.75 bits per heavy atom. The average Bonchev–Trinajstić information content (AvgIpc) is 2.07. The van der Waals surface area contributed by atoms with Gasteiger partial charge in [-0.05, 0) is 12.0 Å². The maximum atomic E-state index is 9.02. The molecule has 0 spiro atoms. The monoisotopic (exact) mass is 166 g/mol. The van der Waals surface area contributed by atoms with Crippen LogP contribution in [0.15, 0.2) is 30.3 Å². The van der Waals surface area contributed by atoms with Crippen molar-refractivity contribution in [3.8, 4) is 0 Å². The zero-order valence-electron chi connectivity index (χ0n) is 7.14. The Labute approximate surface area is 72.5 Å². The van der Waals surface area contributed by atoms with Crippen molar-refractivity contribution in [1.29, 1.82) is 0 Å². The maximum Gasteiger partial charge on any atom is 0.158 e. The molecule has 1 aromatic rings. The van der Waals surface area contributed by atoms with Crippen LogP contribution in [0.1, 0.15) is 24.8 Å². The molecule has 0 aliphatic heterocycles. The topological polar surface area (TPSA) is 40.5 Å². The van der Waals surface area contributed by atoms with Gasteiger partial charge >= 0.3 is 0 Å². The van der Waals surface area contributed by atoms with E-state index in [4.69, 9.17) is 10.2 Å². The Balaban J connectivity index is 2.80. The molecule has 0 saturated heterocycles. The smallest absolute Gasteiger partial charge is 0.158 e. The lowest BCUT2D eigenvalue weighted by Gasteiger charge is -2.16. The van der Waals surface area contributed by atoms with E-state index in [1.165, 1.54) is 0 Å². The first-order chi connectivity index (χ1) is 5.75. The van der Waals surface area contributed by atoms with Crippen molar-refractivity contribution < 1.29 is 10.2 Å². The summed E-state index contributed by atoms with van der Waals surface area (Å²) in [5.74, 6) is -0.161. The Hall–Kier alpha value is -0.860. The number of hydrogen-bond donors (Lipinski definition) is 2. The molecular weight excluding hydrogens is 152 g/mol. The molecule has 0 heterocycles. The molecule has 1 atom stereocenters. The fraction of sp³-hybridized carbons (Fsp3) is 0.400. The van der Waals surface area contributed by atoms with Gasteiger partial charge < -0.3 is 10.2 Å². The first kappa shape index (κ1) is 9.23. The maximum absolute atomic E-state index is 9.02. The van der Waals surface area contributed by atoms with Gasteiger partial charge in [-0.2, -0.15) is 0 Å². The van der Waals surface area contributed by atoms with Crippen LogP contribution >= 0.6 is 0 Å². The molecule has 1 rings (SSSR count). The summed E-state index contributed by atoms with van der Waals surface area (Å²) >= 11 is 0. The summed E-state index contributed by atoms with van der Waals surface area (Å²) in [5.41, 5.74) is 0.981. The molecule has 0 aliphatic rings. The predicted octanol–water partition coefficient (Wildman–Crippen LogP) is 1.49. The third kappa shape index (κ3) is 2.06. The standard InChI is InChI=1S/C10H14O2/c1-2-9(10(11)12)8-6-4-3-5-7-8/h3-7,9-12H,2H2,1H3. The summed E-state index contributed by atoms with van der Waals surface area (Å²) in [6.07, 6.45) is -0.515. The van der Waals surface area contributed by atoms with Crippen LogP contribution in [-0.4, -0.2) is 16.5 Å². The van der Waals surface area contributed by atoms with Gasteiger partial charge in [0.2, 0.25) is 0 Å². The van der Waals surface area contributed by atoms with Gasteiger partial charge in [-0.1, -0.05) is 37.3 Å². The zero-order chi connectivity index (χ0) is 8.97. The minimum absolute atomic E-state index is 0.161. The number of benzene rings is 1. The molecule has 0 aromatic heterocycles. The second-order valence-electron chi connectivity index (χ2n) is 2.84. The number of aliphatic hydroxyl groups excluding tert-OH is 1. The first-order valence-electron chi connectivity index (χ1n) is 4.16. The number of aliphatic hydroxyl groups is 2. The van der Waals surface area contributed by atoms with Crippen molar-refractivity contribution in [1.82, 2.24) is 0 Å². The number of hydrogen-bond acceptors (Lipinski definition) is 2. The highest BCUT2D eigenvalue weighted by molar-refractivity contribution is 5.19. The SMILES string of the molecule is CCC(c1ccccc1)C(O)O. The van der Waals surface area contributed by atoms with Gasteiger partial charge in [0.25, 0.3) is 0 Å². The van der Waals surface area contributed by atoms with Crippen molar-refractivity contribution in [3.05, 3.63) is 35.9 Å². The highest BCUT2D eigenvalue weighted by Crippen LogP contribution is 2.21. The van der Waals surface area contributed by atoms with Crippen molar-refractivity contribution in [2.24, 2.45) is 0 Å². The normalized spacial score (nSPS) is 13.3. The summed E-state index contributed by atoms with van der Waals surface area (Å²) in [6.45, 7) is 1.94. The lowest BCUT2D eigenvalue weighted by Crippen LogP contribution is -2.16. The fourth-order valence-electron chi connectivity index (χ4n) is 1.32. The predicted molar refractivity (Wildman–Crippen MR) is 47.7 cm³/mol. The lowest BCUT2D eigenvalue weighted by molar-refractivity contribution is -0.0610. The van der Waals surface area contributed by atoms with E-state index in [1.54, 1.807) is 0 Å². The van der Waals surface area contributed by atoms with Gasteiger partial charge in [-0.3, -0.25) is 0 Å². The molecule has 0 radical (unpaired) electrons. The Bertz CT molecular complexity index is 219. The Morgan fingerprint density at radius 1 is 1.17 bits per heavy atom. The van der Waals surface area contributed by atoms with Gasteiger partial charge in [0.15, 0.2) is 6.29 Å². The van der Waals surface area contributed by atoms with Gasteiger partial charge in [-0.15, -0.1) is 0 Å². The average molecular weight is 166 g/mol. The molecule has 0 saturated carbocycles. The molecule has 0 fully saturated rings. The van der Waals surface area contributed by atoms with Crippen molar-refractivity contribution in [2.75, 3.05) is 0 Å². The summed E-state index contributed by atoms with van der Waals surface area (Å²) < 4.78 is 0. The van der Waals surface area contributed by atoms with Crippen LogP contribution in [0.25, 0.3) is 0 Å². The van der Waals surface area contributed by atoms with E-state index < -0.39 is 6.29 Å². The number of rotatable bonds is 3. The van der Waals surface area contributed by atoms with Crippen molar-refractivity contribution in [2.45, 2.75) is 25.6 Å². The molecule has 2 heteroatoms. The van der Waals surface area contributed by atoms with E-state index >= 15 is 0 Å². The molecule has 2 N–H and O–H groups in total. The second-order valence-corrected chi connectivity index (χ2v) is 2.84. The first-order valence-corrected chi connectivity index (χ1v) is 4.16. The molecule has 1 aromatic carbocycles. The summed E-state index contributed by atoms with van der Waals surface area (Å²) in [6, 6.07) is 9.54. The molecule has 2 nitrogen and oxygen atoms in total. The van der Waals surface area contributed by atoms with E-state index in [9.17, 15) is 0 Å². The molecular formula is C10H14O2. The van der Waals surface area contributed by atoms with Crippen LogP contribution in [0.4, 0.5) is 0 Å². The second kappa shape index (κ2) is 4.24. The van der Waals surface area contributed by atoms with Crippen LogP contribution in [-0.2, 0) is 0 Å². The largest absolute Gasteiger partial charge is 0.368 e. The summed E-state index contributed by atoms with van der Waals surface area (Å²) in [5, 5.41) is 18.0. The van der Waals surface area contributed by atoms with E-state index in [0.29, 0.717) is 0 Å². The third-order valence-electron chi connectivity index (χ3n) is 2.03. The highest BCUT2D eigenvalue weighted by atomic mass is 16.5. The molecule has 66 valence electrons. The highest BCUT2D eigenvalue weighted by Gasteiger charge is 2.15. The van der Waals surface area contributed by atoms with Crippen molar-refractivity contribution >= 4 is 0 Å². The lowest BCUT2D eigenvalue weighted by atomic mass is 9.96. The molecule has 0 bridgehead atoms.